The molecule has 0 saturated carbocycles. The number of carbonyl (C=O) groups excluding carboxylic acids is 1. The van der Waals surface area contributed by atoms with E-state index in [1.54, 1.807) is 19.2 Å². The fraction of sp³-hybridized carbons (Fsp3) is 0.217. The SMILES string of the molecule is Cc1ncc(C(=O)NC(c2cn(-c3ccnc(C(=O)O)c3)nn2)C2CCc3ccccc32)[nH]1. The molecule has 4 aromatic rings. The molecule has 1 amide bonds. The van der Waals surface area contributed by atoms with Crippen LogP contribution in [0.25, 0.3) is 5.69 Å². The molecule has 1 aliphatic rings. The van der Waals surface area contributed by atoms with Crippen LogP contribution in [0.4, 0.5) is 0 Å². The fourth-order valence-corrected chi connectivity index (χ4v) is 4.30. The van der Waals surface area contributed by atoms with Crippen LogP contribution < -0.4 is 5.32 Å². The molecule has 166 valence electrons. The van der Waals surface area contributed by atoms with Crippen molar-refractivity contribution in [2.24, 2.45) is 0 Å². The van der Waals surface area contributed by atoms with Crippen molar-refractivity contribution in [3.8, 4) is 5.69 Å². The predicted molar refractivity (Wildman–Crippen MR) is 117 cm³/mol. The lowest BCUT2D eigenvalue weighted by molar-refractivity contribution is 0.0690. The Kier molecular flexibility index (Phi) is 5.17. The number of nitrogens with one attached hydrogen (secondary N) is 2. The Morgan fingerprint density at radius 1 is 1.24 bits per heavy atom. The molecule has 33 heavy (non-hydrogen) atoms. The van der Waals surface area contributed by atoms with Crippen LogP contribution in [0.3, 0.4) is 0 Å². The minimum atomic E-state index is -1.13. The number of carboxylic acid groups (broad SMARTS) is 1. The van der Waals surface area contributed by atoms with Gasteiger partial charge < -0.3 is 15.4 Å². The quantitative estimate of drug-likeness (QED) is 0.416. The number of aryl methyl sites for hydroxylation is 2. The van der Waals surface area contributed by atoms with Crippen LogP contribution in [0.1, 0.15) is 62.0 Å². The van der Waals surface area contributed by atoms with Gasteiger partial charge in [-0.15, -0.1) is 5.10 Å². The van der Waals surface area contributed by atoms with Gasteiger partial charge in [-0.1, -0.05) is 29.5 Å². The first-order chi connectivity index (χ1) is 16.0. The molecular formula is C23H21N7O3. The summed E-state index contributed by atoms with van der Waals surface area (Å²) in [5.74, 6) is -0.733. The molecule has 1 aliphatic carbocycles. The van der Waals surface area contributed by atoms with E-state index in [-0.39, 0.29) is 17.5 Å². The van der Waals surface area contributed by atoms with E-state index in [1.807, 2.05) is 12.1 Å². The summed E-state index contributed by atoms with van der Waals surface area (Å²) < 4.78 is 1.49. The highest BCUT2D eigenvalue weighted by Gasteiger charge is 2.34. The van der Waals surface area contributed by atoms with Gasteiger partial charge in [-0.2, -0.15) is 0 Å². The molecule has 0 aliphatic heterocycles. The number of amides is 1. The zero-order valence-electron chi connectivity index (χ0n) is 17.8. The minimum Gasteiger partial charge on any atom is -0.477 e. The molecule has 5 rings (SSSR count). The van der Waals surface area contributed by atoms with Crippen molar-refractivity contribution >= 4 is 11.9 Å². The van der Waals surface area contributed by atoms with E-state index in [0.717, 1.165) is 12.8 Å². The second-order valence-corrected chi connectivity index (χ2v) is 7.97. The van der Waals surface area contributed by atoms with E-state index < -0.39 is 12.0 Å². The number of carboxylic acids is 1. The molecule has 3 N–H and O–H groups in total. The average molecular weight is 443 g/mol. The van der Waals surface area contributed by atoms with Gasteiger partial charge in [0.1, 0.15) is 22.9 Å². The fourth-order valence-electron chi connectivity index (χ4n) is 4.30. The lowest BCUT2D eigenvalue weighted by Gasteiger charge is -2.23. The normalized spacial score (nSPS) is 15.7. The smallest absolute Gasteiger partial charge is 0.354 e. The van der Waals surface area contributed by atoms with Crippen LogP contribution in [0.5, 0.6) is 0 Å². The van der Waals surface area contributed by atoms with Gasteiger partial charge >= 0.3 is 5.97 Å². The summed E-state index contributed by atoms with van der Waals surface area (Å²) >= 11 is 0. The molecule has 2 unspecified atom stereocenters. The van der Waals surface area contributed by atoms with E-state index in [0.29, 0.717) is 22.9 Å². The molecule has 0 saturated heterocycles. The van der Waals surface area contributed by atoms with Crippen molar-refractivity contribution in [2.45, 2.75) is 31.7 Å². The van der Waals surface area contributed by atoms with Crippen molar-refractivity contribution in [3.63, 3.8) is 0 Å². The monoisotopic (exact) mass is 443 g/mol. The second kappa shape index (κ2) is 8.30. The molecule has 10 heteroatoms. The number of hydrogen-bond acceptors (Lipinski definition) is 6. The minimum absolute atomic E-state index is 0.0198. The summed E-state index contributed by atoms with van der Waals surface area (Å²) in [7, 11) is 0. The average Bonchev–Trinajstić information content (AvgIpc) is 3.57. The summed E-state index contributed by atoms with van der Waals surface area (Å²) in [6.07, 6.45) is 6.40. The Labute approximate surface area is 188 Å². The molecule has 10 nitrogen and oxygen atoms in total. The van der Waals surface area contributed by atoms with Crippen LogP contribution in [0.2, 0.25) is 0 Å². The zero-order chi connectivity index (χ0) is 22.9. The molecular weight excluding hydrogens is 422 g/mol. The number of carbonyl (C=O) groups is 2. The molecule has 2 atom stereocenters. The predicted octanol–water partition coefficient (Wildman–Crippen LogP) is 2.59. The number of aromatic carboxylic acids is 1. The topological polar surface area (TPSA) is 139 Å². The number of rotatable bonds is 6. The number of H-pyrrole nitrogens is 1. The van der Waals surface area contributed by atoms with Crippen LogP contribution in [-0.2, 0) is 6.42 Å². The first kappa shape index (κ1) is 20.6. The largest absolute Gasteiger partial charge is 0.477 e. The third kappa shape index (κ3) is 3.98. The van der Waals surface area contributed by atoms with Gasteiger partial charge in [-0.3, -0.25) is 4.79 Å². The van der Waals surface area contributed by atoms with E-state index in [2.05, 4.69) is 42.7 Å². The summed E-state index contributed by atoms with van der Waals surface area (Å²) in [4.78, 5) is 35.2. The van der Waals surface area contributed by atoms with Crippen LogP contribution in [0, 0.1) is 6.92 Å². The van der Waals surface area contributed by atoms with Gasteiger partial charge in [0.25, 0.3) is 5.91 Å². The van der Waals surface area contributed by atoms with Crippen molar-refractivity contribution in [1.29, 1.82) is 0 Å². The first-order valence-electron chi connectivity index (χ1n) is 10.5. The lowest BCUT2D eigenvalue weighted by Crippen LogP contribution is -2.32. The summed E-state index contributed by atoms with van der Waals surface area (Å²) in [5, 5.41) is 20.9. The Bertz CT molecular complexity index is 1340. The lowest BCUT2D eigenvalue weighted by atomic mass is 9.91. The Balaban J connectivity index is 1.50. The number of aromatic nitrogens is 6. The zero-order valence-corrected chi connectivity index (χ0v) is 17.8. The standard InChI is InChI=1S/C23H21N7O3/c1-13-25-11-19(26-13)22(31)27-21(17-7-6-14-4-2-3-5-16(14)17)20-12-30(29-28-20)15-8-9-24-18(10-15)23(32)33/h2-5,8-12,17,21H,6-7H2,1H3,(H,25,26)(H,27,31)(H,32,33). The highest BCUT2D eigenvalue weighted by atomic mass is 16.4. The third-order valence-corrected chi connectivity index (χ3v) is 5.87. The van der Waals surface area contributed by atoms with Crippen molar-refractivity contribution in [1.82, 2.24) is 35.3 Å². The molecule has 0 bridgehead atoms. The summed E-state index contributed by atoms with van der Waals surface area (Å²) in [6.45, 7) is 1.78. The maximum atomic E-state index is 13.0. The second-order valence-electron chi connectivity index (χ2n) is 7.97. The van der Waals surface area contributed by atoms with E-state index in [4.69, 9.17) is 0 Å². The number of hydrogen-bond donors (Lipinski definition) is 3. The molecule has 1 aromatic carbocycles. The van der Waals surface area contributed by atoms with Crippen molar-refractivity contribution < 1.29 is 14.7 Å². The Morgan fingerprint density at radius 2 is 2.09 bits per heavy atom. The third-order valence-electron chi connectivity index (χ3n) is 5.87. The van der Waals surface area contributed by atoms with E-state index >= 15 is 0 Å². The molecule has 0 fully saturated rings. The van der Waals surface area contributed by atoms with Crippen LogP contribution >= 0.6 is 0 Å². The Hall–Kier alpha value is -4.34. The molecule has 3 heterocycles. The molecule has 0 spiro atoms. The highest BCUT2D eigenvalue weighted by Crippen LogP contribution is 2.41. The summed E-state index contributed by atoms with van der Waals surface area (Å²) in [6, 6.07) is 10.8. The maximum absolute atomic E-state index is 13.0. The Morgan fingerprint density at radius 3 is 2.88 bits per heavy atom. The van der Waals surface area contributed by atoms with Gasteiger partial charge in [0.05, 0.1) is 24.1 Å². The van der Waals surface area contributed by atoms with E-state index in [9.17, 15) is 14.7 Å². The number of imidazole rings is 1. The highest BCUT2D eigenvalue weighted by molar-refractivity contribution is 5.92. The molecule has 3 aromatic heterocycles. The van der Waals surface area contributed by atoms with Crippen molar-refractivity contribution in [2.75, 3.05) is 0 Å². The van der Waals surface area contributed by atoms with Crippen LogP contribution in [-0.4, -0.2) is 46.9 Å². The van der Waals surface area contributed by atoms with Gasteiger partial charge in [-0.25, -0.2) is 19.4 Å². The van der Waals surface area contributed by atoms with E-state index in [1.165, 1.54) is 34.3 Å². The first-order valence-corrected chi connectivity index (χ1v) is 10.5. The van der Waals surface area contributed by atoms with Gasteiger partial charge in [0.15, 0.2) is 0 Å². The van der Waals surface area contributed by atoms with Crippen molar-refractivity contribution in [3.05, 3.63) is 89.0 Å². The summed E-state index contributed by atoms with van der Waals surface area (Å²) in [5.41, 5.74) is 3.81. The number of pyridine rings is 1. The molecule has 0 radical (unpaired) electrons. The number of benzene rings is 1. The van der Waals surface area contributed by atoms with Crippen LogP contribution in [0.15, 0.2) is 55.0 Å². The van der Waals surface area contributed by atoms with Gasteiger partial charge in [-0.05, 0) is 43.0 Å². The number of nitrogens with zero attached hydrogens (tertiary/aromatic N) is 5. The number of fused-ring (bicyclic) bond motifs is 1. The number of aromatic amines is 1. The maximum Gasteiger partial charge on any atom is 0.354 e. The van der Waals surface area contributed by atoms with Gasteiger partial charge in [0.2, 0.25) is 0 Å². The van der Waals surface area contributed by atoms with Gasteiger partial charge in [0, 0.05) is 12.1 Å².